The number of ether oxygens (including phenoxy) is 1. The predicted octanol–water partition coefficient (Wildman–Crippen LogP) is -0.633. The second-order valence-corrected chi connectivity index (χ2v) is 6.77. The molecule has 0 bridgehead atoms. The van der Waals surface area contributed by atoms with E-state index >= 15 is 0 Å². The van der Waals surface area contributed by atoms with Gasteiger partial charge in [0.05, 0.1) is 30.5 Å². The molecule has 0 aromatic heterocycles. The molecule has 1 aliphatic heterocycles. The van der Waals surface area contributed by atoms with Gasteiger partial charge in [-0.05, 0) is 38.0 Å². The molecule has 21 heavy (non-hydrogen) atoms. The summed E-state index contributed by atoms with van der Waals surface area (Å²) in [5.74, 6) is -0.648. The van der Waals surface area contributed by atoms with E-state index in [1.807, 2.05) is 0 Å². The third-order valence-corrected chi connectivity index (χ3v) is 5.35. The number of rotatable bonds is 1. The maximum Gasteiger partial charge on any atom is 0.169 e. The van der Waals surface area contributed by atoms with Crippen molar-refractivity contribution in [2.75, 3.05) is 0 Å². The molecule has 8 atom stereocenters. The highest BCUT2D eigenvalue weighted by molar-refractivity contribution is 5.87. The molecule has 2 saturated carbocycles. The molecular formula is C15H24O6. The Hall–Kier alpha value is -0.530. The fourth-order valence-electron chi connectivity index (χ4n) is 4.07. The van der Waals surface area contributed by atoms with Gasteiger partial charge in [-0.25, -0.2) is 0 Å². The highest BCUT2D eigenvalue weighted by Gasteiger charge is 2.49. The Morgan fingerprint density at radius 1 is 0.905 bits per heavy atom. The zero-order valence-corrected chi connectivity index (χ0v) is 12.0. The molecule has 1 heterocycles. The van der Waals surface area contributed by atoms with Crippen LogP contribution in [0.15, 0.2) is 0 Å². The van der Waals surface area contributed by atoms with Gasteiger partial charge in [0.25, 0.3) is 0 Å². The Morgan fingerprint density at radius 3 is 2.38 bits per heavy atom. The first-order valence-electron chi connectivity index (χ1n) is 7.88. The van der Waals surface area contributed by atoms with Crippen LogP contribution in [0.2, 0.25) is 0 Å². The fraction of sp³-hybridized carbons (Fsp3) is 0.933. The number of hydrogen-bond acceptors (Lipinski definition) is 6. The molecule has 0 aromatic carbocycles. The summed E-state index contributed by atoms with van der Waals surface area (Å²) < 4.78 is 5.94. The molecule has 6 heteroatoms. The van der Waals surface area contributed by atoms with Gasteiger partial charge in [0.15, 0.2) is 5.78 Å². The molecule has 3 fully saturated rings. The molecule has 2 aliphatic carbocycles. The van der Waals surface area contributed by atoms with E-state index in [0.717, 1.165) is 0 Å². The van der Waals surface area contributed by atoms with Gasteiger partial charge in [0.2, 0.25) is 0 Å². The van der Waals surface area contributed by atoms with Crippen molar-refractivity contribution in [2.45, 2.75) is 75.1 Å². The van der Waals surface area contributed by atoms with Crippen molar-refractivity contribution < 1.29 is 30.0 Å². The number of hydrogen-bond donors (Lipinski definition) is 4. The summed E-state index contributed by atoms with van der Waals surface area (Å²) in [5, 5.41) is 39.4. The summed E-state index contributed by atoms with van der Waals surface area (Å²) in [7, 11) is 0. The lowest BCUT2D eigenvalue weighted by Gasteiger charge is -2.46. The van der Waals surface area contributed by atoms with Crippen LogP contribution in [-0.4, -0.2) is 62.8 Å². The summed E-state index contributed by atoms with van der Waals surface area (Å²) >= 11 is 0. The second-order valence-electron chi connectivity index (χ2n) is 6.77. The fourth-order valence-corrected chi connectivity index (χ4v) is 4.07. The third kappa shape index (κ3) is 2.87. The van der Waals surface area contributed by atoms with E-state index in [-0.39, 0.29) is 23.7 Å². The maximum atomic E-state index is 12.3. The molecule has 3 aliphatic rings. The van der Waals surface area contributed by atoms with E-state index in [1.165, 1.54) is 0 Å². The van der Waals surface area contributed by atoms with Crippen LogP contribution in [0.25, 0.3) is 0 Å². The summed E-state index contributed by atoms with van der Waals surface area (Å²) in [4.78, 5) is 12.3. The number of carbonyl (C=O) groups excluding carboxylic acids is 1. The Bertz CT molecular complexity index is 400. The van der Waals surface area contributed by atoms with Gasteiger partial charge >= 0.3 is 0 Å². The topological polar surface area (TPSA) is 107 Å². The second kappa shape index (κ2) is 5.93. The lowest BCUT2D eigenvalue weighted by atomic mass is 9.73. The van der Waals surface area contributed by atoms with E-state index < -0.39 is 30.5 Å². The van der Waals surface area contributed by atoms with E-state index in [1.54, 1.807) is 0 Å². The van der Waals surface area contributed by atoms with Gasteiger partial charge < -0.3 is 25.2 Å². The molecule has 4 N–H and O–H groups in total. The Balaban J connectivity index is 1.72. The summed E-state index contributed by atoms with van der Waals surface area (Å²) in [5.41, 5.74) is 0. The molecule has 1 saturated heterocycles. The minimum absolute atomic E-state index is 0.137. The summed E-state index contributed by atoms with van der Waals surface area (Å²) in [6.07, 6.45) is -1.19. The molecule has 3 rings (SSSR count). The first-order chi connectivity index (χ1) is 9.97. The van der Waals surface area contributed by atoms with Gasteiger partial charge in [-0.1, -0.05) is 0 Å². The van der Waals surface area contributed by atoms with Crippen molar-refractivity contribution in [1.29, 1.82) is 0 Å². The smallest absolute Gasteiger partial charge is 0.169 e. The van der Waals surface area contributed by atoms with E-state index in [4.69, 9.17) is 4.74 Å². The van der Waals surface area contributed by atoms with Crippen LogP contribution in [-0.2, 0) is 9.53 Å². The minimum Gasteiger partial charge on any atom is -0.393 e. The zero-order chi connectivity index (χ0) is 15.1. The molecule has 0 radical (unpaired) electrons. The Labute approximate surface area is 123 Å². The highest BCUT2D eigenvalue weighted by Crippen LogP contribution is 2.39. The van der Waals surface area contributed by atoms with Crippen LogP contribution in [0.4, 0.5) is 0 Å². The van der Waals surface area contributed by atoms with Crippen LogP contribution in [0.3, 0.4) is 0 Å². The zero-order valence-electron chi connectivity index (χ0n) is 12.0. The van der Waals surface area contributed by atoms with Crippen molar-refractivity contribution >= 4 is 5.78 Å². The maximum absolute atomic E-state index is 12.3. The van der Waals surface area contributed by atoms with E-state index in [2.05, 4.69) is 0 Å². The number of aliphatic hydroxyl groups is 4. The lowest BCUT2D eigenvalue weighted by Crippen LogP contribution is -2.57. The monoisotopic (exact) mass is 300 g/mol. The average molecular weight is 300 g/mol. The van der Waals surface area contributed by atoms with Crippen molar-refractivity contribution in [3.63, 3.8) is 0 Å². The number of ketones is 1. The number of aliphatic hydroxyl groups excluding tert-OH is 4. The van der Waals surface area contributed by atoms with E-state index in [9.17, 15) is 25.2 Å². The van der Waals surface area contributed by atoms with Gasteiger partial charge in [-0.15, -0.1) is 0 Å². The quantitative estimate of drug-likeness (QED) is 0.513. The molecular weight excluding hydrogens is 276 g/mol. The van der Waals surface area contributed by atoms with Gasteiger partial charge in [0, 0.05) is 12.3 Å². The van der Waals surface area contributed by atoms with Gasteiger partial charge in [-0.3, -0.25) is 4.79 Å². The van der Waals surface area contributed by atoms with Crippen molar-refractivity contribution in [3.8, 4) is 0 Å². The number of Topliss-reactive ketones (excluding diaryl/α,β-unsaturated/α-hetero) is 1. The Kier molecular flexibility index (Phi) is 4.34. The van der Waals surface area contributed by atoms with Gasteiger partial charge in [-0.2, -0.15) is 0 Å². The first-order valence-corrected chi connectivity index (χ1v) is 7.88. The first kappa shape index (κ1) is 15.4. The molecule has 6 nitrogen and oxygen atoms in total. The van der Waals surface area contributed by atoms with Gasteiger partial charge in [0.1, 0.15) is 6.10 Å². The number of carbonyl (C=O) groups is 1. The van der Waals surface area contributed by atoms with Crippen LogP contribution < -0.4 is 0 Å². The Morgan fingerprint density at radius 2 is 1.67 bits per heavy atom. The van der Waals surface area contributed by atoms with Crippen LogP contribution >= 0.6 is 0 Å². The predicted molar refractivity (Wildman–Crippen MR) is 72.4 cm³/mol. The highest BCUT2D eigenvalue weighted by atomic mass is 16.5. The average Bonchev–Trinajstić information content (AvgIpc) is 2.45. The van der Waals surface area contributed by atoms with Crippen LogP contribution in [0, 0.1) is 11.8 Å². The van der Waals surface area contributed by atoms with Crippen molar-refractivity contribution in [1.82, 2.24) is 0 Å². The normalized spacial score (nSPS) is 51.5. The number of fused-ring (bicyclic) bond motifs is 1. The standard InChI is InChI=1S/C15H24O6/c16-8-2-3-9-12(6-8)21-15(14(20)13(9)19)7-1-4-10(17)11(18)5-7/h7-12,14-18,20H,1-6H2. The molecule has 8 unspecified atom stereocenters. The molecule has 0 amide bonds. The van der Waals surface area contributed by atoms with E-state index in [0.29, 0.717) is 38.5 Å². The third-order valence-electron chi connectivity index (χ3n) is 5.35. The SMILES string of the molecule is O=C1C(O)C(C2CCC(O)C(O)C2)OC2CC(O)CCC12. The largest absolute Gasteiger partial charge is 0.393 e. The summed E-state index contributed by atoms with van der Waals surface area (Å²) in [6, 6.07) is 0. The van der Waals surface area contributed by atoms with Crippen molar-refractivity contribution in [2.24, 2.45) is 11.8 Å². The van der Waals surface area contributed by atoms with Crippen molar-refractivity contribution in [3.05, 3.63) is 0 Å². The molecule has 0 spiro atoms. The van der Waals surface area contributed by atoms with Crippen LogP contribution in [0.5, 0.6) is 0 Å². The lowest BCUT2D eigenvalue weighted by molar-refractivity contribution is -0.196. The minimum atomic E-state index is -1.16. The summed E-state index contributed by atoms with van der Waals surface area (Å²) in [6.45, 7) is 0. The molecule has 120 valence electrons. The molecule has 0 aromatic rings. The van der Waals surface area contributed by atoms with Crippen LogP contribution in [0.1, 0.15) is 38.5 Å².